The second kappa shape index (κ2) is 12.2. The summed E-state index contributed by atoms with van der Waals surface area (Å²) in [5.41, 5.74) is 4.04. The maximum atomic E-state index is 13.0. The number of rotatable bonds is 10. The largest absolute Gasteiger partial charge is 0.444 e. The Kier molecular flexibility index (Phi) is 8.29. The van der Waals surface area contributed by atoms with Crippen molar-refractivity contribution in [3.8, 4) is 0 Å². The number of amides is 1. The van der Waals surface area contributed by atoms with Crippen LogP contribution in [0, 0.1) is 0 Å². The molecule has 2 heterocycles. The van der Waals surface area contributed by atoms with Gasteiger partial charge >= 0.3 is 6.09 Å². The first-order chi connectivity index (χ1) is 19.4. The highest BCUT2D eigenvalue weighted by Crippen LogP contribution is 2.25. The third-order valence-electron chi connectivity index (χ3n) is 6.90. The van der Waals surface area contributed by atoms with Crippen molar-refractivity contribution in [1.82, 2.24) is 25.1 Å². The van der Waals surface area contributed by atoms with E-state index in [2.05, 4.69) is 85.7 Å². The van der Waals surface area contributed by atoms with Crippen LogP contribution in [0.4, 0.5) is 4.79 Å². The summed E-state index contributed by atoms with van der Waals surface area (Å²) >= 11 is 0. The number of ether oxygens (including phenoxy) is 1. The fourth-order valence-corrected chi connectivity index (χ4v) is 5.00. The summed E-state index contributed by atoms with van der Waals surface area (Å²) in [5.74, 6) is 1.64. The van der Waals surface area contributed by atoms with Crippen LogP contribution >= 0.6 is 0 Å². The lowest BCUT2D eigenvalue weighted by Gasteiger charge is -2.24. The van der Waals surface area contributed by atoms with Crippen molar-refractivity contribution in [1.29, 1.82) is 0 Å². The molecule has 206 valence electrons. The van der Waals surface area contributed by atoms with Gasteiger partial charge in [0, 0.05) is 36.5 Å². The third kappa shape index (κ3) is 6.97. The van der Waals surface area contributed by atoms with Crippen molar-refractivity contribution < 1.29 is 9.53 Å². The fraction of sp³-hybridized carbons (Fsp3) is 0.303. The average molecular weight is 536 g/mol. The Labute approximate surface area is 235 Å². The molecule has 0 spiro atoms. The highest BCUT2D eigenvalue weighted by molar-refractivity contribution is 5.83. The van der Waals surface area contributed by atoms with Crippen molar-refractivity contribution in [3.63, 3.8) is 0 Å². The summed E-state index contributed by atoms with van der Waals surface area (Å²) in [5, 5.41) is 13.6. The van der Waals surface area contributed by atoms with Crippen molar-refractivity contribution in [2.45, 2.75) is 64.6 Å². The molecule has 5 aromatic rings. The zero-order valence-corrected chi connectivity index (χ0v) is 23.4. The van der Waals surface area contributed by atoms with E-state index in [1.54, 1.807) is 0 Å². The van der Waals surface area contributed by atoms with Gasteiger partial charge in [-0.3, -0.25) is 0 Å². The maximum Gasteiger partial charge on any atom is 0.408 e. The van der Waals surface area contributed by atoms with Gasteiger partial charge in [-0.05, 0) is 56.4 Å². The van der Waals surface area contributed by atoms with Gasteiger partial charge in [-0.2, -0.15) is 0 Å². The third-order valence-corrected chi connectivity index (χ3v) is 6.90. The number of hydrogen-bond acceptors (Lipinski definition) is 4. The first kappa shape index (κ1) is 27.2. The summed E-state index contributed by atoms with van der Waals surface area (Å²) in [7, 11) is 0. The van der Waals surface area contributed by atoms with E-state index in [1.807, 2.05) is 51.2 Å². The Morgan fingerprint density at radius 1 is 0.875 bits per heavy atom. The lowest BCUT2D eigenvalue weighted by molar-refractivity contribution is 0.0500. The number of aryl methyl sites for hydroxylation is 3. The van der Waals surface area contributed by atoms with E-state index in [0.717, 1.165) is 47.4 Å². The SMILES string of the molecule is CC(C)(C)OC(=O)N[C@H](Cc1c[nH]c2ccccc12)c1nnc(CCc2ccccc2)n1CCc1ccccc1. The van der Waals surface area contributed by atoms with Crippen molar-refractivity contribution in [3.05, 3.63) is 119 Å². The molecule has 0 saturated carbocycles. The minimum atomic E-state index is -0.614. The van der Waals surface area contributed by atoms with Gasteiger partial charge in [0.05, 0.1) is 6.04 Å². The van der Waals surface area contributed by atoms with Gasteiger partial charge in [0.15, 0.2) is 5.82 Å². The van der Waals surface area contributed by atoms with Crippen LogP contribution in [0.1, 0.15) is 55.2 Å². The Balaban J connectivity index is 1.48. The topological polar surface area (TPSA) is 84.8 Å². The molecule has 2 aromatic heterocycles. The number of nitrogens with zero attached hydrogens (tertiary/aromatic N) is 3. The number of carbonyl (C=O) groups excluding carboxylic acids is 1. The number of aromatic nitrogens is 4. The molecule has 5 rings (SSSR count). The Morgan fingerprint density at radius 3 is 2.23 bits per heavy atom. The molecule has 0 radical (unpaired) electrons. The number of carbonyl (C=O) groups is 1. The Morgan fingerprint density at radius 2 is 1.52 bits per heavy atom. The molecule has 1 amide bonds. The standard InChI is InChI=1S/C33H37N5O2/c1-33(2,3)40-32(39)35-29(22-26-23-34-28-17-11-10-16-27(26)28)31-37-36-30(19-18-24-12-6-4-7-13-24)38(31)21-20-25-14-8-5-9-15-25/h4-17,23,29,34H,18-22H2,1-3H3,(H,35,39)/t29-/m1/s1. The van der Waals surface area contributed by atoms with Gasteiger partial charge in [-0.25, -0.2) is 4.79 Å². The molecule has 0 aliphatic heterocycles. The normalized spacial score (nSPS) is 12.4. The van der Waals surface area contributed by atoms with Crippen LogP contribution in [0.3, 0.4) is 0 Å². The number of aromatic amines is 1. The summed E-state index contributed by atoms with van der Waals surface area (Å²) < 4.78 is 7.85. The predicted octanol–water partition coefficient (Wildman–Crippen LogP) is 6.60. The molecule has 0 unspecified atom stereocenters. The van der Waals surface area contributed by atoms with E-state index in [-0.39, 0.29) is 0 Å². The van der Waals surface area contributed by atoms with Crippen LogP contribution in [-0.2, 0) is 37.0 Å². The Hall–Kier alpha value is -4.39. The van der Waals surface area contributed by atoms with Gasteiger partial charge in [-0.1, -0.05) is 78.9 Å². The number of fused-ring (bicyclic) bond motifs is 1. The summed E-state index contributed by atoms with van der Waals surface area (Å²) in [6.45, 7) is 6.30. The quantitative estimate of drug-likeness (QED) is 0.211. The number of hydrogen-bond donors (Lipinski definition) is 2. The van der Waals surface area contributed by atoms with Gasteiger partial charge < -0.3 is 19.6 Å². The smallest absolute Gasteiger partial charge is 0.408 e. The molecule has 2 N–H and O–H groups in total. The van der Waals surface area contributed by atoms with E-state index in [0.29, 0.717) is 13.0 Å². The molecule has 7 nitrogen and oxygen atoms in total. The highest BCUT2D eigenvalue weighted by Gasteiger charge is 2.27. The monoisotopic (exact) mass is 535 g/mol. The molecule has 1 atom stereocenters. The van der Waals surface area contributed by atoms with Crippen LogP contribution in [-0.4, -0.2) is 31.4 Å². The van der Waals surface area contributed by atoms with Crippen LogP contribution in [0.15, 0.2) is 91.1 Å². The first-order valence-corrected chi connectivity index (χ1v) is 13.9. The second-order valence-corrected chi connectivity index (χ2v) is 11.1. The van der Waals surface area contributed by atoms with Gasteiger partial charge in [0.1, 0.15) is 11.4 Å². The second-order valence-electron chi connectivity index (χ2n) is 11.1. The predicted molar refractivity (Wildman–Crippen MR) is 158 cm³/mol. The van der Waals surface area contributed by atoms with Crippen molar-refractivity contribution >= 4 is 17.0 Å². The lowest BCUT2D eigenvalue weighted by Crippen LogP contribution is -2.37. The molecule has 7 heteroatoms. The van der Waals surface area contributed by atoms with E-state index < -0.39 is 17.7 Å². The van der Waals surface area contributed by atoms with Crippen LogP contribution in [0.5, 0.6) is 0 Å². The van der Waals surface area contributed by atoms with Crippen molar-refractivity contribution in [2.75, 3.05) is 0 Å². The molecule has 3 aromatic carbocycles. The van der Waals surface area contributed by atoms with Gasteiger partial charge in [-0.15, -0.1) is 10.2 Å². The summed E-state index contributed by atoms with van der Waals surface area (Å²) in [4.78, 5) is 16.4. The van der Waals surface area contributed by atoms with Crippen molar-refractivity contribution in [2.24, 2.45) is 0 Å². The van der Waals surface area contributed by atoms with E-state index in [1.165, 1.54) is 11.1 Å². The van der Waals surface area contributed by atoms with Crippen LogP contribution in [0.25, 0.3) is 10.9 Å². The number of alkyl carbamates (subject to hydrolysis) is 1. The van der Waals surface area contributed by atoms with Crippen LogP contribution < -0.4 is 5.32 Å². The number of para-hydroxylation sites is 1. The Bertz CT molecular complexity index is 1530. The zero-order valence-electron chi connectivity index (χ0n) is 23.4. The minimum Gasteiger partial charge on any atom is -0.444 e. The highest BCUT2D eigenvalue weighted by atomic mass is 16.6. The lowest BCUT2D eigenvalue weighted by atomic mass is 10.0. The van der Waals surface area contributed by atoms with E-state index >= 15 is 0 Å². The van der Waals surface area contributed by atoms with E-state index in [4.69, 9.17) is 4.74 Å². The number of nitrogens with one attached hydrogen (secondary N) is 2. The number of H-pyrrole nitrogens is 1. The molecule has 0 saturated heterocycles. The molecule has 0 aliphatic rings. The molecule has 0 fully saturated rings. The minimum absolute atomic E-state index is 0.428. The average Bonchev–Trinajstić information content (AvgIpc) is 3.54. The zero-order chi connectivity index (χ0) is 28.0. The molecular formula is C33H37N5O2. The van der Waals surface area contributed by atoms with Gasteiger partial charge in [0.25, 0.3) is 0 Å². The molecule has 40 heavy (non-hydrogen) atoms. The maximum absolute atomic E-state index is 13.0. The van der Waals surface area contributed by atoms with E-state index in [9.17, 15) is 4.79 Å². The fourth-order valence-electron chi connectivity index (χ4n) is 5.00. The number of benzene rings is 3. The van der Waals surface area contributed by atoms with Crippen LogP contribution in [0.2, 0.25) is 0 Å². The van der Waals surface area contributed by atoms with Gasteiger partial charge in [0.2, 0.25) is 0 Å². The molecule has 0 aliphatic carbocycles. The molecular weight excluding hydrogens is 498 g/mol. The summed E-state index contributed by atoms with van der Waals surface area (Å²) in [6.07, 6.45) is 4.52. The molecule has 0 bridgehead atoms. The first-order valence-electron chi connectivity index (χ1n) is 13.9. The summed E-state index contributed by atoms with van der Waals surface area (Å²) in [6, 6.07) is 28.6.